The normalized spacial score (nSPS) is 19.5. The number of anilines is 2. The Labute approximate surface area is 220 Å². The van der Waals surface area contributed by atoms with Crippen LogP contribution in [0.4, 0.5) is 20.2 Å². The van der Waals surface area contributed by atoms with Gasteiger partial charge in [-0.3, -0.25) is 14.7 Å². The average Bonchev–Trinajstić information content (AvgIpc) is 3.40. The number of ether oxygens (including phenoxy) is 1. The fourth-order valence-electron chi connectivity index (χ4n) is 5.66. The van der Waals surface area contributed by atoms with Crippen molar-refractivity contribution in [3.05, 3.63) is 59.8 Å². The van der Waals surface area contributed by atoms with Crippen LogP contribution in [0.5, 0.6) is 5.75 Å². The lowest BCUT2D eigenvalue weighted by Crippen LogP contribution is -2.54. The van der Waals surface area contributed by atoms with Crippen LogP contribution in [0.2, 0.25) is 0 Å². The van der Waals surface area contributed by atoms with Crippen LogP contribution in [0.15, 0.2) is 36.7 Å². The maximum atomic E-state index is 15.0. The molecule has 3 aliphatic rings. The van der Waals surface area contributed by atoms with Crippen molar-refractivity contribution in [1.29, 1.82) is 0 Å². The van der Waals surface area contributed by atoms with Crippen LogP contribution in [0, 0.1) is 11.6 Å². The maximum absolute atomic E-state index is 15.0. The van der Waals surface area contributed by atoms with Crippen molar-refractivity contribution in [2.45, 2.75) is 45.2 Å². The number of hydrogen-bond donors (Lipinski definition) is 0. The summed E-state index contributed by atoms with van der Waals surface area (Å²) >= 11 is 0. The molecule has 0 bridgehead atoms. The van der Waals surface area contributed by atoms with Crippen LogP contribution in [0.25, 0.3) is 11.3 Å². The molecule has 0 N–H and O–H groups in total. The Hall–Kier alpha value is -3.66. The lowest BCUT2D eigenvalue weighted by Gasteiger charge is -2.36. The number of amides is 1. The minimum absolute atomic E-state index is 0.0259. The fourth-order valence-corrected chi connectivity index (χ4v) is 5.66. The smallest absolute Gasteiger partial charge is 0.244 e. The number of carbonyl (C=O) groups is 1. The Morgan fingerprint density at radius 2 is 1.92 bits per heavy atom. The second-order valence-electron chi connectivity index (χ2n) is 10.3. The van der Waals surface area contributed by atoms with Crippen molar-refractivity contribution in [1.82, 2.24) is 19.9 Å². The van der Waals surface area contributed by atoms with E-state index in [9.17, 15) is 13.6 Å². The number of rotatable bonds is 5. The van der Waals surface area contributed by atoms with E-state index in [2.05, 4.69) is 19.9 Å². The summed E-state index contributed by atoms with van der Waals surface area (Å²) in [5, 5.41) is 0. The van der Waals surface area contributed by atoms with Crippen LogP contribution in [0.3, 0.4) is 0 Å². The van der Waals surface area contributed by atoms with Crippen molar-refractivity contribution < 1.29 is 18.3 Å². The van der Waals surface area contributed by atoms with Crippen LogP contribution in [-0.2, 0) is 11.2 Å². The molecule has 3 aliphatic heterocycles. The van der Waals surface area contributed by atoms with E-state index in [0.717, 1.165) is 37.8 Å². The molecule has 6 rings (SSSR count). The van der Waals surface area contributed by atoms with E-state index in [0.29, 0.717) is 42.5 Å². The number of piperazine rings is 1. The first-order chi connectivity index (χ1) is 18.4. The van der Waals surface area contributed by atoms with Crippen molar-refractivity contribution in [3.63, 3.8) is 0 Å². The number of fused-ring (bicyclic) bond motifs is 2. The van der Waals surface area contributed by atoms with Gasteiger partial charge in [0.25, 0.3) is 0 Å². The third-order valence-electron chi connectivity index (χ3n) is 7.59. The predicted octanol–water partition coefficient (Wildman–Crippen LogP) is 3.83. The van der Waals surface area contributed by atoms with E-state index in [1.54, 1.807) is 12.3 Å². The highest BCUT2D eigenvalue weighted by atomic mass is 19.1. The number of hydrogen-bond acceptors (Lipinski definition) is 7. The molecule has 0 spiro atoms. The van der Waals surface area contributed by atoms with Gasteiger partial charge in [-0.1, -0.05) is 0 Å². The second-order valence-corrected chi connectivity index (χ2v) is 10.3. The zero-order chi connectivity index (χ0) is 26.4. The van der Waals surface area contributed by atoms with Crippen LogP contribution >= 0.6 is 0 Å². The van der Waals surface area contributed by atoms with Gasteiger partial charge in [0.2, 0.25) is 5.91 Å². The Kier molecular flexibility index (Phi) is 6.43. The molecule has 2 saturated heterocycles. The third-order valence-corrected chi connectivity index (χ3v) is 7.59. The molecular weight excluding hydrogens is 490 g/mol. The van der Waals surface area contributed by atoms with Gasteiger partial charge < -0.3 is 14.5 Å². The standard InChI is InChI=1S/C28H30F2N6O2/c1-17(2)35-10-11-38-27-21(29)12-18(13-24(27)35)26-22(30)16-32-25(33-26)14-19-5-6-20(15-31-19)36-9-8-34-7-3-4-23(34)28(36)37/h5-6,12-13,15-17,23H,3-4,7-11,14H2,1-2H3. The Balaban J connectivity index is 1.23. The molecular formula is C28H30F2N6O2. The molecule has 198 valence electrons. The van der Waals surface area contributed by atoms with Gasteiger partial charge >= 0.3 is 0 Å². The summed E-state index contributed by atoms with van der Waals surface area (Å²) in [4.78, 5) is 32.1. The molecule has 38 heavy (non-hydrogen) atoms. The van der Waals surface area contributed by atoms with Gasteiger partial charge in [-0.25, -0.2) is 18.7 Å². The van der Waals surface area contributed by atoms with Crippen LogP contribution in [0.1, 0.15) is 38.2 Å². The number of carbonyl (C=O) groups excluding carboxylic acids is 1. The SMILES string of the molecule is CC(C)N1CCOc2c(F)cc(-c3nc(Cc4ccc(N5CCN6CCCC6C5=O)cn4)ncc3F)cc21. The van der Waals surface area contributed by atoms with Crippen LogP contribution in [-0.4, -0.2) is 70.6 Å². The summed E-state index contributed by atoms with van der Waals surface area (Å²) < 4.78 is 35.4. The van der Waals surface area contributed by atoms with Crippen LogP contribution < -0.4 is 14.5 Å². The van der Waals surface area contributed by atoms with Gasteiger partial charge in [0.15, 0.2) is 17.4 Å². The summed E-state index contributed by atoms with van der Waals surface area (Å²) in [6.07, 6.45) is 5.04. The zero-order valence-electron chi connectivity index (χ0n) is 21.5. The monoisotopic (exact) mass is 520 g/mol. The number of nitrogens with zero attached hydrogens (tertiary/aromatic N) is 6. The molecule has 1 atom stereocenters. The number of halogens is 2. The van der Waals surface area contributed by atoms with Gasteiger partial charge in [-0.05, 0) is 57.5 Å². The minimum atomic E-state index is -0.631. The molecule has 1 aromatic carbocycles. The quantitative estimate of drug-likeness (QED) is 0.506. The zero-order valence-corrected chi connectivity index (χ0v) is 21.5. The van der Waals surface area contributed by atoms with Crippen molar-refractivity contribution in [2.75, 3.05) is 42.6 Å². The van der Waals surface area contributed by atoms with Gasteiger partial charge in [0.1, 0.15) is 18.1 Å². The molecule has 1 amide bonds. The predicted molar refractivity (Wildman–Crippen MR) is 139 cm³/mol. The first kappa shape index (κ1) is 24.7. The molecule has 0 aliphatic carbocycles. The highest BCUT2D eigenvalue weighted by Crippen LogP contribution is 2.39. The van der Waals surface area contributed by atoms with E-state index in [1.165, 1.54) is 6.07 Å². The van der Waals surface area contributed by atoms with Crippen molar-refractivity contribution in [3.8, 4) is 17.0 Å². The average molecular weight is 521 g/mol. The van der Waals surface area contributed by atoms with E-state index in [-0.39, 0.29) is 35.9 Å². The van der Waals surface area contributed by atoms with E-state index in [4.69, 9.17) is 4.74 Å². The molecule has 10 heteroatoms. The van der Waals surface area contributed by atoms with Gasteiger partial charge in [-0.2, -0.15) is 0 Å². The van der Waals surface area contributed by atoms with Gasteiger partial charge in [-0.15, -0.1) is 0 Å². The van der Waals surface area contributed by atoms with E-state index < -0.39 is 11.6 Å². The molecule has 0 radical (unpaired) electrons. The number of aromatic nitrogens is 3. The summed E-state index contributed by atoms with van der Waals surface area (Å²) in [7, 11) is 0. The highest BCUT2D eigenvalue weighted by Gasteiger charge is 2.38. The third kappa shape index (κ3) is 4.47. The molecule has 8 nitrogen and oxygen atoms in total. The molecule has 3 aromatic rings. The van der Waals surface area contributed by atoms with Crippen molar-refractivity contribution >= 4 is 17.3 Å². The van der Waals surface area contributed by atoms with E-state index >= 15 is 0 Å². The number of benzene rings is 1. The van der Waals surface area contributed by atoms with Gasteiger partial charge in [0, 0.05) is 30.4 Å². The van der Waals surface area contributed by atoms with Gasteiger partial charge in [0.05, 0.1) is 42.8 Å². The summed E-state index contributed by atoms with van der Waals surface area (Å²) in [6, 6.07) is 6.81. The first-order valence-corrected chi connectivity index (χ1v) is 13.1. The molecule has 2 fully saturated rings. The topological polar surface area (TPSA) is 74.7 Å². The lowest BCUT2D eigenvalue weighted by molar-refractivity contribution is -0.124. The highest BCUT2D eigenvalue weighted by molar-refractivity contribution is 5.98. The molecule has 5 heterocycles. The Morgan fingerprint density at radius 3 is 2.71 bits per heavy atom. The summed E-state index contributed by atoms with van der Waals surface area (Å²) in [5.41, 5.74) is 2.40. The summed E-state index contributed by atoms with van der Waals surface area (Å²) in [6.45, 7) is 7.56. The van der Waals surface area contributed by atoms with E-state index in [1.807, 2.05) is 35.8 Å². The summed E-state index contributed by atoms with van der Waals surface area (Å²) in [5.74, 6) is -0.497. The second kappa shape index (κ2) is 9.90. The Morgan fingerprint density at radius 1 is 1.05 bits per heavy atom. The lowest BCUT2D eigenvalue weighted by atomic mass is 10.1. The molecule has 2 aromatic heterocycles. The maximum Gasteiger partial charge on any atom is 0.244 e. The molecule has 0 saturated carbocycles. The fraction of sp³-hybridized carbons (Fsp3) is 0.429. The number of pyridine rings is 1. The minimum Gasteiger partial charge on any atom is -0.486 e. The Bertz CT molecular complexity index is 1370. The van der Waals surface area contributed by atoms with Crippen molar-refractivity contribution in [2.24, 2.45) is 0 Å². The molecule has 1 unspecified atom stereocenters. The first-order valence-electron chi connectivity index (χ1n) is 13.1. The largest absolute Gasteiger partial charge is 0.486 e.